The van der Waals surface area contributed by atoms with Crippen LogP contribution in [0.1, 0.15) is 44.9 Å². The molecule has 2 aliphatic rings. The molecule has 2 aliphatic heterocycles. The minimum absolute atomic E-state index is 0.170. The predicted molar refractivity (Wildman–Crippen MR) is 101 cm³/mol. The fraction of sp³-hybridized carbons (Fsp3) is 0.778. The number of carboxylic acids is 1. The number of carboxylic acid groups (broad SMARTS) is 1. The number of unbranched alkanes of at least 4 members (excludes halogenated alkanes) is 1. The summed E-state index contributed by atoms with van der Waals surface area (Å²) in [6.07, 6.45) is 3.95. The summed E-state index contributed by atoms with van der Waals surface area (Å²) >= 11 is 0. The van der Waals surface area contributed by atoms with Gasteiger partial charge in [-0.2, -0.15) is 0 Å². The van der Waals surface area contributed by atoms with Crippen molar-refractivity contribution in [2.75, 3.05) is 26.2 Å². The Labute approximate surface area is 164 Å². The molecule has 6 N–H and O–H groups in total. The molecule has 0 spiro atoms. The van der Waals surface area contributed by atoms with E-state index in [1.165, 1.54) is 9.80 Å². The third kappa shape index (κ3) is 5.20. The van der Waals surface area contributed by atoms with E-state index in [0.29, 0.717) is 64.6 Å². The monoisotopic (exact) mass is 397 g/mol. The van der Waals surface area contributed by atoms with E-state index >= 15 is 0 Å². The maximum Gasteiger partial charge on any atom is 0.326 e. The first-order valence-electron chi connectivity index (χ1n) is 9.94. The smallest absolute Gasteiger partial charge is 0.326 e. The molecule has 0 aliphatic carbocycles. The summed E-state index contributed by atoms with van der Waals surface area (Å²) in [7, 11) is 0. The topological polar surface area (TPSA) is 159 Å². The molecule has 3 atom stereocenters. The molecule has 2 fully saturated rings. The summed E-state index contributed by atoms with van der Waals surface area (Å²) in [6, 6.07) is -2.33. The molecule has 3 amide bonds. The van der Waals surface area contributed by atoms with Crippen molar-refractivity contribution in [2.24, 2.45) is 11.5 Å². The van der Waals surface area contributed by atoms with E-state index < -0.39 is 30.0 Å². The number of carbonyl (C=O) groups excluding carboxylic acids is 3. The summed E-state index contributed by atoms with van der Waals surface area (Å²) < 4.78 is 0. The Hall–Kier alpha value is -2.20. The summed E-state index contributed by atoms with van der Waals surface area (Å²) in [6.45, 7) is 1.13. The molecule has 2 saturated heterocycles. The van der Waals surface area contributed by atoms with Crippen molar-refractivity contribution in [2.45, 2.75) is 63.1 Å². The lowest BCUT2D eigenvalue weighted by atomic mass is 10.1. The second kappa shape index (κ2) is 10.4. The van der Waals surface area contributed by atoms with Gasteiger partial charge in [-0.05, 0) is 51.5 Å². The molecule has 0 radical (unpaired) electrons. The first kappa shape index (κ1) is 22.1. The zero-order chi connectivity index (χ0) is 20.7. The van der Waals surface area contributed by atoms with Crippen molar-refractivity contribution in [3.05, 3.63) is 0 Å². The number of nitrogens with two attached hydrogens (primary N) is 2. The molecule has 2 heterocycles. The van der Waals surface area contributed by atoms with Gasteiger partial charge in [-0.15, -0.1) is 0 Å². The SMILES string of the molecule is NCCCCC(NC(=O)C1CCCN1C(=O)CN)C(=O)N1CCCC1C(=O)O. The maximum atomic E-state index is 13.0. The highest BCUT2D eigenvalue weighted by molar-refractivity contribution is 5.94. The van der Waals surface area contributed by atoms with Gasteiger partial charge in [0, 0.05) is 13.1 Å². The van der Waals surface area contributed by atoms with Crippen molar-refractivity contribution in [3.63, 3.8) is 0 Å². The highest BCUT2D eigenvalue weighted by Crippen LogP contribution is 2.21. The second-order valence-electron chi connectivity index (χ2n) is 7.32. The van der Waals surface area contributed by atoms with Crippen LogP contribution in [0.25, 0.3) is 0 Å². The molecule has 158 valence electrons. The number of nitrogens with zero attached hydrogens (tertiary/aromatic N) is 2. The lowest BCUT2D eigenvalue weighted by Gasteiger charge is -2.29. The molecule has 2 rings (SSSR count). The zero-order valence-corrected chi connectivity index (χ0v) is 16.1. The van der Waals surface area contributed by atoms with E-state index in [1.807, 2.05) is 0 Å². The third-order valence-electron chi connectivity index (χ3n) is 5.43. The van der Waals surface area contributed by atoms with Crippen LogP contribution in [-0.4, -0.2) is 82.9 Å². The standard InChI is InChI=1S/C18H31N5O5/c19-8-2-1-5-12(17(26)23-10-4-7-14(23)18(27)28)21-16(25)13-6-3-9-22(13)15(24)11-20/h12-14H,1-11,19-20H2,(H,21,25)(H,27,28). The molecule has 0 aromatic rings. The summed E-state index contributed by atoms with van der Waals surface area (Å²) in [4.78, 5) is 52.0. The Kier molecular flexibility index (Phi) is 8.18. The van der Waals surface area contributed by atoms with Crippen LogP contribution < -0.4 is 16.8 Å². The van der Waals surface area contributed by atoms with Gasteiger partial charge in [-0.3, -0.25) is 14.4 Å². The van der Waals surface area contributed by atoms with Crippen LogP contribution in [0, 0.1) is 0 Å². The normalized spacial score (nSPS) is 22.9. The van der Waals surface area contributed by atoms with Crippen LogP contribution in [-0.2, 0) is 19.2 Å². The predicted octanol–water partition coefficient (Wildman–Crippen LogP) is -1.37. The van der Waals surface area contributed by atoms with Gasteiger partial charge in [0.25, 0.3) is 0 Å². The van der Waals surface area contributed by atoms with Crippen molar-refractivity contribution >= 4 is 23.7 Å². The largest absolute Gasteiger partial charge is 0.480 e. The molecule has 0 bridgehead atoms. The van der Waals surface area contributed by atoms with Gasteiger partial charge < -0.3 is 31.7 Å². The van der Waals surface area contributed by atoms with Gasteiger partial charge >= 0.3 is 5.97 Å². The average molecular weight is 397 g/mol. The molecule has 0 saturated carbocycles. The highest BCUT2D eigenvalue weighted by Gasteiger charge is 2.39. The average Bonchev–Trinajstić information content (AvgIpc) is 3.35. The lowest BCUT2D eigenvalue weighted by molar-refractivity contribution is -0.149. The first-order valence-corrected chi connectivity index (χ1v) is 9.94. The minimum Gasteiger partial charge on any atom is -0.480 e. The molecular weight excluding hydrogens is 366 g/mol. The molecule has 3 unspecified atom stereocenters. The molecule has 28 heavy (non-hydrogen) atoms. The van der Waals surface area contributed by atoms with Gasteiger partial charge in [0.05, 0.1) is 6.54 Å². The molecular formula is C18H31N5O5. The van der Waals surface area contributed by atoms with Gasteiger partial charge in [0.15, 0.2) is 0 Å². The Morgan fingerprint density at radius 2 is 1.64 bits per heavy atom. The molecule has 0 aromatic carbocycles. The van der Waals surface area contributed by atoms with E-state index in [9.17, 15) is 24.3 Å². The molecule has 10 nitrogen and oxygen atoms in total. The zero-order valence-electron chi connectivity index (χ0n) is 16.1. The van der Waals surface area contributed by atoms with Gasteiger partial charge in [0.2, 0.25) is 17.7 Å². The first-order chi connectivity index (χ1) is 13.4. The summed E-state index contributed by atoms with van der Waals surface area (Å²) in [5.74, 6) is -2.11. The molecule has 0 aromatic heterocycles. The summed E-state index contributed by atoms with van der Waals surface area (Å²) in [5, 5.41) is 12.1. The Balaban J connectivity index is 2.09. The van der Waals surface area contributed by atoms with Crippen LogP contribution in [0.5, 0.6) is 0 Å². The van der Waals surface area contributed by atoms with Crippen LogP contribution in [0.15, 0.2) is 0 Å². The van der Waals surface area contributed by atoms with E-state index in [2.05, 4.69) is 5.32 Å². The third-order valence-corrected chi connectivity index (χ3v) is 5.43. The van der Waals surface area contributed by atoms with E-state index in [4.69, 9.17) is 11.5 Å². The number of rotatable bonds is 9. The Morgan fingerprint density at radius 1 is 1.00 bits per heavy atom. The van der Waals surface area contributed by atoms with Crippen molar-refractivity contribution in [3.8, 4) is 0 Å². The lowest BCUT2D eigenvalue weighted by Crippen LogP contribution is -2.55. The number of aliphatic carboxylic acids is 1. The number of carbonyl (C=O) groups is 4. The van der Waals surface area contributed by atoms with Gasteiger partial charge in [-0.1, -0.05) is 0 Å². The Morgan fingerprint density at radius 3 is 2.25 bits per heavy atom. The quantitative estimate of drug-likeness (QED) is 0.349. The highest BCUT2D eigenvalue weighted by atomic mass is 16.4. The Bertz CT molecular complexity index is 599. The van der Waals surface area contributed by atoms with Gasteiger partial charge in [-0.25, -0.2) is 4.79 Å². The van der Waals surface area contributed by atoms with Crippen molar-refractivity contribution < 1.29 is 24.3 Å². The fourth-order valence-electron chi connectivity index (χ4n) is 3.96. The van der Waals surface area contributed by atoms with E-state index in [-0.39, 0.29) is 18.4 Å². The number of hydrogen-bond acceptors (Lipinski definition) is 6. The van der Waals surface area contributed by atoms with E-state index in [1.54, 1.807) is 0 Å². The van der Waals surface area contributed by atoms with Crippen molar-refractivity contribution in [1.82, 2.24) is 15.1 Å². The summed E-state index contributed by atoms with van der Waals surface area (Å²) in [5.41, 5.74) is 10.9. The fourth-order valence-corrected chi connectivity index (χ4v) is 3.96. The molecule has 10 heteroatoms. The van der Waals surface area contributed by atoms with Crippen LogP contribution in [0.2, 0.25) is 0 Å². The van der Waals surface area contributed by atoms with Crippen LogP contribution >= 0.6 is 0 Å². The van der Waals surface area contributed by atoms with Gasteiger partial charge in [0.1, 0.15) is 18.1 Å². The van der Waals surface area contributed by atoms with Crippen molar-refractivity contribution in [1.29, 1.82) is 0 Å². The minimum atomic E-state index is -1.03. The van der Waals surface area contributed by atoms with Crippen LogP contribution in [0.4, 0.5) is 0 Å². The maximum absolute atomic E-state index is 13.0. The van der Waals surface area contributed by atoms with Crippen LogP contribution in [0.3, 0.4) is 0 Å². The van der Waals surface area contributed by atoms with E-state index in [0.717, 1.165) is 0 Å². The number of amides is 3. The number of nitrogens with one attached hydrogen (secondary N) is 1. The number of hydrogen-bond donors (Lipinski definition) is 4. The number of likely N-dealkylation sites (tertiary alicyclic amines) is 2. The second-order valence-corrected chi connectivity index (χ2v) is 7.32.